The quantitative estimate of drug-likeness (QED) is 0.709. The van der Waals surface area contributed by atoms with Crippen LogP contribution in [0, 0.1) is 0 Å². The van der Waals surface area contributed by atoms with Crippen molar-refractivity contribution in [2.75, 3.05) is 5.75 Å². The van der Waals surface area contributed by atoms with Crippen molar-refractivity contribution in [1.82, 2.24) is 0 Å². The zero-order valence-corrected chi connectivity index (χ0v) is 8.20. The molecule has 1 fully saturated rings. The molecule has 66 valence electrons. The first-order chi connectivity index (χ1) is 5.34. The van der Waals surface area contributed by atoms with Gasteiger partial charge in [-0.05, 0) is 25.0 Å². The third kappa shape index (κ3) is 3.04. The fourth-order valence-electron chi connectivity index (χ4n) is 1.62. The average molecular weight is 173 g/mol. The predicted molar refractivity (Wildman–Crippen MR) is 53.0 cm³/mol. The highest BCUT2D eigenvalue weighted by Crippen LogP contribution is 2.28. The second-order valence-corrected chi connectivity index (χ2v) is 4.70. The standard InChI is InChI=1S/C9H19NS/c1-2-5-8(10)9-6-3-4-7-11-9/h8-9H,2-7,10H2,1H3/t8-,9?/m1/s1. The summed E-state index contributed by atoms with van der Waals surface area (Å²) >= 11 is 2.09. The van der Waals surface area contributed by atoms with E-state index in [4.69, 9.17) is 5.73 Å². The molecule has 1 saturated heterocycles. The Kier molecular flexibility index (Phi) is 4.31. The molecule has 11 heavy (non-hydrogen) atoms. The summed E-state index contributed by atoms with van der Waals surface area (Å²) in [7, 11) is 0. The van der Waals surface area contributed by atoms with Gasteiger partial charge < -0.3 is 5.73 Å². The van der Waals surface area contributed by atoms with E-state index in [2.05, 4.69) is 18.7 Å². The molecule has 1 heterocycles. The zero-order chi connectivity index (χ0) is 8.10. The molecule has 2 N–H and O–H groups in total. The molecule has 1 nitrogen and oxygen atoms in total. The van der Waals surface area contributed by atoms with Crippen molar-refractivity contribution in [3.8, 4) is 0 Å². The summed E-state index contributed by atoms with van der Waals surface area (Å²) in [6.45, 7) is 2.22. The summed E-state index contributed by atoms with van der Waals surface area (Å²) in [5.74, 6) is 1.34. The van der Waals surface area contributed by atoms with Gasteiger partial charge in [-0.3, -0.25) is 0 Å². The maximum absolute atomic E-state index is 6.04. The Hall–Kier alpha value is 0.310. The number of nitrogens with two attached hydrogens (primary N) is 1. The summed E-state index contributed by atoms with van der Waals surface area (Å²) in [6.07, 6.45) is 6.59. The van der Waals surface area contributed by atoms with Crippen LogP contribution in [0.2, 0.25) is 0 Å². The van der Waals surface area contributed by atoms with Crippen LogP contribution in [0.3, 0.4) is 0 Å². The zero-order valence-electron chi connectivity index (χ0n) is 7.38. The van der Waals surface area contributed by atoms with Gasteiger partial charge in [-0.1, -0.05) is 19.8 Å². The molecule has 0 radical (unpaired) electrons. The molecular weight excluding hydrogens is 154 g/mol. The predicted octanol–water partition coefficient (Wildman–Crippen LogP) is 2.40. The Balaban J connectivity index is 2.21. The van der Waals surface area contributed by atoms with Gasteiger partial charge in [-0.15, -0.1) is 0 Å². The average Bonchev–Trinajstić information content (AvgIpc) is 2.07. The maximum atomic E-state index is 6.04. The highest BCUT2D eigenvalue weighted by molar-refractivity contribution is 8.00. The van der Waals surface area contributed by atoms with Gasteiger partial charge in [0.2, 0.25) is 0 Å². The number of hydrogen-bond donors (Lipinski definition) is 1. The molecule has 0 aliphatic carbocycles. The van der Waals surface area contributed by atoms with Crippen molar-refractivity contribution >= 4 is 11.8 Å². The molecule has 0 aromatic heterocycles. The monoisotopic (exact) mass is 173 g/mol. The van der Waals surface area contributed by atoms with Crippen LogP contribution in [-0.2, 0) is 0 Å². The molecular formula is C9H19NS. The molecule has 0 amide bonds. The Morgan fingerprint density at radius 2 is 2.36 bits per heavy atom. The van der Waals surface area contributed by atoms with Crippen LogP contribution in [0.5, 0.6) is 0 Å². The van der Waals surface area contributed by atoms with Crippen molar-refractivity contribution in [2.45, 2.75) is 50.3 Å². The summed E-state index contributed by atoms with van der Waals surface area (Å²) in [6, 6.07) is 0.463. The lowest BCUT2D eigenvalue weighted by Gasteiger charge is -2.26. The fraction of sp³-hybridized carbons (Fsp3) is 1.00. The van der Waals surface area contributed by atoms with E-state index in [9.17, 15) is 0 Å². The highest BCUT2D eigenvalue weighted by atomic mass is 32.2. The number of thioether (sulfide) groups is 1. The van der Waals surface area contributed by atoms with Crippen LogP contribution in [0.4, 0.5) is 0 Å². The molecule has 0 aromatic rings. The Labute approximate surface area is 74.1 Å². The van der Waals surface area contributed by atoms with Crippen molar-refractivity contribution in [1.29, 1.82) is 0 Å². The first kappa shape index (κ1) is 9.40. The fourth-order valence-corrected chi connectivity index (χ4v) is 3.01. The molecule has 0 bridgehead atoms. The van der Waals surface area contributed by atoms with Crippen LogP contribution < -0.4 is 5.73 Å². The molecule has 1 unspecified atom stereocenters. The lowest BCUT2D eigenvalue weighted by Crippen LogP contribution is -2.33. The van der Waals surface area contributed by atoms with E-state index in [1.54, 1.807) is 0 Å². The molecule has 2 atom stereocenters. The van der Waals surface area contributed by atoms with E-state index in [0.717, 1.165) is 5.25 Å². The van der Waals surface area contributed by atoms with E-state index in [0.29, 0.717) is 6.04 Å². The second kappa shape index (κ2) is 5.04. The molecule has 0 spiro atoms. The largest absolute Gasteiger partial charge is 0.327 e. The molecule has 0 saturated carbocycles. The van der Waals surface area contributed by atoms with Crippen LogP contribution in [0.1, 0.15) is 39.0 Å². The summed E-state index contributed by atoms with van der Waals surface area (Å²) < 4.78 is 0. The van der Waals surface area contributed by atoms with Gasteiger partial charge >= 0.3 is 0 Å². The van der Waals surface area contributed by atoms with E-state index in [-0.39, 0.29) is 0 Å². The van der Waals surface area contributed by atoms with Gasteiger partial charge in [0.05, 0.1) is 0 Å². The van der Waals surface area contributed by atoms with E-state index < -0.39 is 0 Å². The minimum Gasteiger partial charge on any atom is -0.327 e. The van der Waals surface area contributed by atoms with Crippen molar-refractivity contribution in [3.05, 3.63) is 0 Å². The Bertz CT molecular complexity index is 99.7. The summed E-state index contributed by atoms with van der Waals surface area (Å²) in [4.78, 5) is 0. The smallest absolute Gasteiger partial charge is 0.0199 e. The molecule has 1 rings (SSSR count). The molecule has 1 aliphatic heterocycles. The van der Waals surface area contributed by atoms with Crippen molar-refractivity contribution < 1.29 is 0 Å². The van der Waals surface area contributed by atoms with Crippen molar-refractivity contribution in [2.24, 2.45) is 5.73 Å². The Morgan fingerprint density at radius 3 is 2.91 bits per heavy atom. The van der Waals surface area contributed by atoms with E-state index in [1.165, 1.54) is 37.9 Å². The first-order valence-electron chi connectivity index (χ1n) is 4.71. The van der Waals surface area contributed by atoms with Crippen LogP contribution in [0.25, 0.3) is 0 Å². The molecule has 0 aromatic carbocycles. The van der Waals surface area contributed by atoms with Crippen LogP contribution >= 0.6 is 11.8 Å². The third-order valence-electron chi connectivity index (χ3n) is 2.31. The molecule has 1 aliphatic rings. The normalized spacial score (nSPS) is 28.4. The lowest BCUT2D eigenvalue weighted by molar-refractivity contribution is 0.527. The Morgan fingerprint density at radius 1 is 1.55 bits per heavy atom. The van der Waals surface area contributed by atoms with Gasteiger partial charge in [0, 0.05) is 11.3 Å². The molecule has 2 heteroatoms. The lowest BCUT2D eigenvalue weighted by atomic mass is 10.0. The van der Waals surface area contributed by atoms with Gasteiger partial charge in [0.1, 0.15) is 0 Å². The summed E-state index contributed by atoms with van der Waals surface area (Å²) in [5.41, 5.74) is 6.04. The van der Waals surface area contributed by atoms with Crippen LogP contribution in [0.15, 0.2) is 0 Å². The highest BCUT2D eigenvalue weighted by Gasteiger charge is 2.19. The number of rotatable bonds is 3. The maximum Gasteiger partial charge on any atom is 0.0199 e. The number of hydrogen-bond acceptors (Lipinski definition) is 2. The minimum absolute atomic E-state index is 0.463. The van der Waals surface area contributed by atoms with Gasteiger partial charge in [0.25, 0.3) is 0 Å². The van der Waals surface area contributed by atoms with Crippen molar-refractivity contribution in [3.63, 3.8) is 0 Å². The van der Waals surface area contributed by atoms with Gasteiger partial charge in [-0.2, -0.15) is 11.8 Å². The van der Waals surface area contributed by atoms with Gasteiger partial charge in [-0.25, -0.2) is 0 Å². The topological polar surface area (TPSA) is 26.0 Å². The second-order valence-electron chi connectivity index (χ2n) is 3.36. The third-order valence-corrected chi connectivity index (χ3v) is 3.85. The minimum atomic E-state index is 0.463. The SMILES string of the molecule is CCC[C@@H](N)C1CCCCS1. The first-order valence-corrected chi connectivity index (χ1v) is 5.76. The van der Waals surface area contributed by atoms with Crippen LogP contribution in [-0.4, -0.2) is 17.0 Å². The summed E-state index contributed by atoms with van der Waals surface area (Å²) in [5, 5.41) is 0.767. The van der Waals surface area contributed by atoms with Gasteiger partial charge in [0.15, 0.2) is 0 Å². The van der Waals surface area contributed by atoms with E-state index >= 15 is 0 Å². The van der Waals surface area contributed by atoms with E-state index in [1.807, 2.05) is 0 Å².